The maximum atomic E-state index is 13.5. The highest BCUT2D eigenvalue weighted by Gasteiger charge is 2.36. The first-order chi connectivity index (χ1) is 14.9. The average molecular weight is 531 g/mol. The molecule has 3 aromatic carbocycles. The van der Waals surface area contributed by atoms with E-state index in [9.17, 15) is 9.59 Å². The second-order valence-corrected chi connectivity index (χ2v) is 8.44. The number of benzene rings is 3. The summed E-state index contributed by atoms with van der Waals surface area (Å²) in [5.74, 6) is 0.266. The van der Waals surface area contributed by atoms with Gasteiger partial charge >= 0.3 is 5.97 Å². The molecule has 0 bridgehead atoms. The summed E-state index contributed by atoms with van der Waals surface area (Å²) in [5.41, 5.74) is 2.75. The van der Waals surface area contributed by atoms with Crippen molar-refractivity contribution in [1.82, 2.24) is 0 Å². The Bertz CT molecular complexity index is 1170. The van der Waals surface area contributed by atoms with Crippen LogP contribution in [-0.4, -0.2) is 30.2 Å². The zero-order chi connectivity index (χ0) is 22.1. The minimum Gasteiger partial charge on any atom is -0.493 e. The number of ether oxygens (including phenoxy) is 2. The van der Waals surface area contributed by atoms with Gasteiger partial charge in [0.25, 0.3) is 5.91 Å². The van der Waals surface area contributed by atoms with Crippen LogP contribution in [0.1, 0.15) is 35.3 Å². The van der Waals surface area contributed by atoms with E-state index in [1.54, 1.807) is 29.2 Å². The molecule has 0 fully saturated rings. The van der Waals surface area contributed by atoms with Crippen LogP contribution in [0.5, 0.6) is 11.5 Å². The molecular formula is C24H22INO5. The van der Waals surface area contributed by atoms with Gasteiger partial charge in [-0.3, -0.25) is 9.59 Å². The molecule has 1 aliphatic rings. The van der Waals surface area contributed by atoms with Gasteiger partial charge in [0, 0.05) is 25.6 Å². The van der Waals surface area contributed by atoms with E-state index in [2.05, 4.69) is 28.7 Å². The van der Waals surface area contributed by atoms with Crippen LogP contribution in [0.15, 0.2) is 42.5 Å². The summed E-state index contributed by atoms with van der Waals surface area (Å²) >= 11 is 2.27. The number of fused-ring (bicyclic) bond motifs is 2. The number of nitrogens with zero attached hydrogens (tertiary/aromatic N) is 1. The molecule has 1 amide bonds. The lowest BCUT2D eigenvalue weighted by Gasteiger charge is -2.17. The largest absolute Gasteiger partial charge is 0.493 e. The second-order valence-electron chi connectivity index (χ2n) is 7.20. The Kier molecular flexibility index (Phi) is 6.04. The van der Waals surface area contributed by atoms with Crippen LogP contribution < -0.4 is 14.4 Å². The molecule has 0 radical (unpaired) electrons. The molecule has 0 aliphatic carbocycles. The van der Waals surface area contributed by atoms with Crippen LogP contribution in [0.3, 0.4) is 0 Å². The predicted octanol–water partition coefficient (Wildman–Crippen LogP) is 5.03. The van der Waals surface area contributed by atoms with Crippen LogP contribution in [0.2, 0.25) is 0 Å². The number of rotatable bonds is 7. The fraction of sp³-hybridized carbons (Fsp3) is 0.250. The molecule has 7 heteroatoms. The van der Waals surface area contributed by atoms with Crippen molar-refractivity contribution in [3.63, 3.8) is 0 Å². The quantitative estimate of drug-likeness (QED) is 0.433. The summed E-state index contributed by atoms with van der Waals surface area (Å²) in [6.45, 7) is 5.12. The van der Waals surface area contributed by atoms with E-state index in [-0.39, 0.29) is 12.3 Å². The monoisotopic (exact) mass is 531 g/mol. The normalized spacial score (nSPS) is 12.9. The van der Waals surface area contributed by atoms with Crippen LogP contribution in [-0.2, 0) is 17.8 Å². The van der Waals surface area contributed by atoms with Gasteiger partial charge < -0.3 is 19.5 Å². The third-order valence-corrected chi connectivity index (χ3v) is 5.90. The number of hydrogen-bond donors (Lipinski definition) is 1. The summed E-state index contributed by atoms with van der Waals surface area (Å²) in [4.78, 5) is 26.2. The molecule has 1 aliphatic heterocycles. The van der Waals surface area contributed by atoms with Gasteiger partial charge in [-0.25, -0.2) is 0 Å². The van der Waals surface area contributed by atoms with E-state index in [4.69, 9.17) is 14.6 Å². The molecule has 1 N–H and O–H groups in total. The summed E-state index contributed by atoms with van der Waals surface area (Å²) < 4.78 is 13.1. The third-order valence-electron chi connectivity index (χ3n) is 5.23. The van der Waals surface area contributed by atoms with E-state index in [0.29, 0.717) is 48.1 Å². The molecule has 3 aromatic rings. The van der Waals surface area contributed by atoms with Gasteiger partial charge in [0.05, 0.1) is 31.7 Å². The number of halogens is 1. The molecule has 0 saturated carbocycles. The summed E-state index contributed by atoms with van der Waals surface area (Å²) in [7, 11) is 0. The Morgan fingerprint density at radius 2 is 1.71 bits per heavy atom. The predicted molar refractivity (Wildman–Crippen MR) is 127 cm³/mol. The average Bonchev–Trinajstić information content (AvgIpc) is 3.08. The van der Waals surface area contributed by atoms with Gasteiger partial charge in [0.2, 0.25) is 0 Å². The Morgan fingerprint density at radius 1 is 1.03 bits per heavy atom. The van der Waals surface area contributed by atoms with Crippen LogP contribution in [0.4, 0.5) is 5.69 Å². The van der Waals surface area contributed by atoms with Crippen molar-refractivity contribution in [1.29, 1.82) is 0 Å². The number of anilines is 1. The molecule has 0 spiro atoms. The third kappa shape index (κ3) is 3.94. The number of carboxylic acids is 1. The van der Waals surface area contributed by atoms with Crippen LogP contribution in [0.25, 0.3) is 10.8 Å². The lowest BCUT2D eigenvalue weighted by atomic mass is 9.99. The van der Waals surface area contributed by atoms with Gasteiger partial charge in [-0.1, -0.05) is 12.1 Å². The summed E-state index contributed by atoms with van der Waals surface area (Å²) in [6.07, 6.45) is -0.0541. The van der Waals surface area contributed by atoms with Gasteiger partial charge in [-0.05, 0) is 72.3 Å². The van der Waals surface area contributed by atoms with Crippen molar-refractivity contribution in [3.05, 3.63) is 62.7 Å². The zero-order valence-corrected chi connectivity index (χ0v) is 19.4. The Balaban J connectivity index is 1.85. The molecule has 0 saturated heterocycles. The van der Waals surface area contributed by atoms with E-state index in [1.807, 2.05) is 26.0 Å². The molecule has 0 aromatic heterocycles. The van der Waals surface area contributed by atoms with Gasteiger partial charge in [-0.2, -0.15) is 0 Å². The van der Waals surface area contributed by atoms with Gasteiger partial charge in [0.15, 0.2) is 0 Å². The summed E-state index contributed by atoms with van der Waals surface area (Å²) in [5, 5.41) is 10.8. The minimum absolute atomic E-state index is 0.0541. The summed E-state index contributed by atoms with van der Waals surface area (Å²) in [6, 6.07) is 13.1. The van der Waals surface area contributed by atoms with Crippen molar-refractivity contribution in [2.45, 2.75) is 26.8 Å². The molecule has 6 nitrogen and oxygen atoms in total. The number of aliphatic carboxylic acids is 1. The number of amides is 1. The van der Waals surface area contributed by atoms with E-state index >= 15 is 0 Å². The molecule has 1 heterocycles. The van der Waals surface area contributed by atoms with Crippen LogP contribution in [0, 0.1) is 3.57 Å². The molecule has 0 atom stereocenters. The zero-order valence-electron chi connectivity index (χ0n) is 17.3. The lowest BCUT2D eigenvalue weighted by Crippen LogP contribution is -2.23. The van der Waals surface area contributed by atoms with E-state index in [1.165, 1.54) is 0 Å². The van der Waals surface area contributed by atoms with Crippen LogP contribution >= 0.6 is 22.6 Å². The number of hydrogen-bond acceptors (Lipinski definition) is 4. The van der Waals surface area contributed by atoms with Crippen molar-refractivity contribution < 1.29 is 24.2 Å². The molecule has 4 rings (SSSR count). The first-order valence-corrected chi connectivity index (χ1v) is 11.2. The number of carbonyl (C=O) groups is 2. The topological polar surface area (TPSA) is 76.1 Å². The molecule has 31 heavy (non-hydrogen) atoms. The van der Waals surface area contributed by atoms with E-state index in [0.717, 1.165) is 19.9 Å². The molecular weight excluding hydrogens is 509 g/mol. The minimum atomic E-state index is -0.888. The molecule has 160 valence electrons. The van der Waals surface area contributed by atoms with E-state index < -0.39 is 5.97 Å². The highest BCUT2D eigenvalue weighted by atomic mass is 127. The Morgan fingerprint density at radius 3 is 2.35 bits per heavy atom. The highest BCUT2D eigenvalue weighted by Crippen LogP contribution is 2.46. The van der Waals surface area contributed by atoms with Crippen molar-refractivity contribution in [3.8, 4) is 11.5 Å². The van der Waals surface area contributed by atoms with Crippen molar-refractivity contribution in [2.24, 2.45) is 0 Å². The first kappa shape index (κ1) is 21.4. The maximum Gasteiger partial charge on any atom is 0.307 e. The van der Waals surface area contributed by atoms with Crippen molar-refractivity contribution in [2.75, 3.05) is 18.1 Å². The van der Waals surface area contributed by atoms with Gasteiger partial charge in [-0.15, -0.1) is 0 Å². The molecule has 0 unspecified atom stereocenters. The number of carboxylic acid groups (broad SMARTS) is 1. The van der Waals surface area contributed by atoms with Crippen molar-refractivity contribution >= 4 is 50.9 Å². The van der Waals surface area contributed by atoms with Gasteiger partial charge in [0.1, 0.15) is 11.5 Å². The Hall–Kier alpha value is -2.81. The fourth-order valence-corrected chi connectivity index (χ4v) is 4.46. The fourth-order valence-electron chi connectivity index (χ4n) is 3.97. The maximum absolute atomic E-state index is 13.5. The Labute approximate surface area is 193 Å². The smallest absolute Gasteiger partial charge is 0.307 e. The first-order valence-electron chi connectivity index (χ1n) is 10.1. The highest BCUT2D eigenvalue weighted by molar-refractivity contribution is 14.1. The lowest BCUT2D eigenvalue weighted by molar-refractivity contribution is -0.136. The standard InChI is InChI=1S/C24H22INO5/c1-3-30-22-18-12-15(25)7-10-17(18)23(31-4-2)21-19(22)13-26(24(21)29)16-8-5-14(6-9-16)11-20(27)28/h5-10,12H,3-4,11,13H2,1-2H3,(H,27,28). The number of carbonyl (C=O) groups excluding carboxylic acids is 1. The SMILES string of the molecule is CCOc1c2c(c(OCC)c3ccc(I)cc13)C(=O)N(c1ccc(CC(=O)O)cc1)C2. The second kappa shape index (κ2) is 8.74.